The molecule has 0 radical (unpaired) electrons. The number of ether oxygens (including phenoxy) is 1. The lowest BCUT2D eigenvalue weighted by molar-refractivity contribution is -0.115. The Kier molecular flexibility index (Phi) is 5.19. The highest BCUT2D eigenvalue weighted by Crippen LogP contribution is 2.22. The van der Waals surface area contributed by atoms with E-state index in [1.807, 2.05) is 6.07 Å². The van der Waals surface area contributed by atoms with E-state index in [4.69, 9.17) is 4.74 Å². The van der Waals surface area contributed by atoms with Crippen LogP contribution >= 0.6 is 0 Å². The van der Waals surface area contributed by atoms with E-state index in [-0.39, 0.29) is 23.5 Å². The molecule has 1 aromatic rings. The van der Waals surface area contributed by atoms with Crippen LogP contribution in [0, 0.1) is 0 Å². The Labute approximate surface area is 124 Å². The second kappa shape index (κ2) is 6.91. The Hall–Kier alpha value is -1.60. The van der Waals surface area contributed by atoms with Crippen molar-refractivity contribution in [3.63, 3.8) is 0 Å². The van der Waals surface area contributed by atoms with Crippen molar-refractivity contribution < 1.29 is 17.9 Å². The van der Waals surface area contributed by atoms with Gasteiger partial charge in [-0.1, -0.05) is 12.1 Å². The molecule has 1 aromatic carbocycles. The molecular weight excluding hydrogens is 292 g/mol. The van der Waals surface area contributed by atoms with Gasteiger partial charge < -0.3 is 15.4 Å². The SMILES string of the molecule is COc1ccccc1NC(=O)CNCC1CCCS1(=O)=O. The zero-order valence-corrected chi connectivity index (χ0v) is 12.8. The molecule has 1 heterocycles. The van der Waals surface area contributed by atoms with Gasteiger partial charge in [0.2, 0.25) is 5.91 Å². The Balaban J connectivity index is 1.80. The normalized spacial score (nSPS) is 20.1. The first-order valence-corrected chi connectivity index (χ1v) is 8.59. The summed E-state index contributed by atoms with van der Waals surface area (Å²) in [6.07, 6.45) is 1.38. The van der Waals surface area contributed by atoms with Crippen molar-refractivity contribution in [3.8, 4) is 5.75 Å². The van der Waals surface area contributed by atoms with E-state index in [1.165, 1.54) is 7.11 Å². The standard InChI is InChI=1S/C14H20N2O4S/c1-20-13-7-3-2-6-12(13)16-14(17)10-15-9-11-5-4-8-21(11,18)19/h2-3,6-7,11,15H,4-5,8-10H2,1H3,(H,16,17). The Bertz CT molecular complexity index is 601. The van der Waals surface area contributed by atoms with Crippen LogP contribution in [0.1, 0.15) is 12.8 Å². The number of hydrogen-bond acceptors (Lipinski definition) is 5. The van der Waals surface area contributed by atoms with E-state index >= 15 is 0 Å². The molecule has 21 heavy (non-hydrogen) atoms. The van der Waals surface area contributed by atoms with Gasteiger partial charge >= 0.3 is 0 Å². The predicted octanol–water partition coefficient (Wildman–Crippen LogP) is 0.800. The molecular formula is C14H20N2O4S. The molecule has 1 aliphatic heterocycles. The van der Waals surface area contributed by atoms with Crippen LogP contribution in [0.2, 0.25) is 0 Å². The number of sulfone groups is 1. The summed E-state index contributed by atoms with van der Waals surface area (Å²) in [5.74, 6) is 0.617. The monoisotopic (exact) mass is 312 g/mol. The molecule has 1 unspecified atom stereocenters. The summed E-state index contributed by atoms with van der Waals surface area (Å²) in [6.45, 7) is 0.395. The highest BCUT2D eigenvalue weighted by Gasteiger charge is 2.30. The predicted molar refractivity (Wildman–Crippen MR) is 81.3 cm³/mol. The maximum Gasteiger partial charge on any atom is 0.238 e. The minimum absolute atomic E-state index is 0.0735. The quantitative estimate of drug-likeness (QED) is 0.812. The highest BCUT2D eigenvalue weighted by atomic mass is 32.2. The maximum absolute atomic E-state index is 11.8. The van der Waals surface area contributed by atoms with Gasteiger partial charge in [0.1, 0.15) is 5.75 Å². The van der Waals surface area contributed by atoms with Gasteiger partial charge in [0.15, 0.2) is 9.84 Å². The van der Waals surface area contributed by atoms with Crippen LogP contribution in [0.3, 0.4) is 0 Å². The average molecular weight is 312 g/mol. The smallest absolute Gasteiger partial charge is 0.238 e. The fourth-order valence-electron chi connectivity index (χ4n) is 2.38. The lowest BCUT2D eigenvalue weighted by Gasteiger charge is -2.12. The van der Waals surface area contributed by atoms with E-state index < -0.39 is 9.84 Å². The molecule has 0 bridgehead atoms. The second-order valence-corrected chi connectivity index (χ2v) is 7.41. The van der Waals surface area contributed by atoms with E-state index in [1.54, 1.807) is 18.2 Å². The largest absolute Gasteiger partial charge is 0.495 e. The Morgan fingerprint density at radius 2 is 2.14 bits per heavy atom. The Morgan fingerprint density at radius 1 is 1.38 bits per heavy atom. The summed E-state index contributed by atoms with van der Waals surface area (Å²) < 4.78 is 28.5. The summed E-state index contributed by atoms with van der Waals surface area (Å²) in [4.78, 5) is 11.8. The van der Waals surface area contributed by atoms with Crippen LogP contribution in [-0.4, -0.2) is 45.5 Å². The van der Waals surface area contributed by atoms with Crippen molar-refractivity contribution in [2.45, 2.75) is 18.1 Å². The van der Waals surface area contributed by atoms with Crippen molar-refractivity contribution in [1.29, 1.82) is 0 Å². The van der Waals surface area contributed by atoms with Crippen LogP contribution in [0.4, 0.5) is 5.69 Å². The van der Waals surface area contributed by atoms with Gasteiger partial charge in [-0.05, 0) is 25.0 Å². The molecule has 7 heteroatoms. The molecule has 0 saturated carbocycles. The summed E-state index contributed by atoms with van der Waals surface area (Å²) in [5, 5.41) is 5.28. The van der Waals surface area contributed by atoms with Gasteiger partial charge in [-0.15, -0.1) is 0 Å². The lowest BCUT2D eigenvalue weighted by atomic mass is 10.2. The minimum atomic E-state index is -2.97. The molecule has 0 aliphatic carbocycles. The molecule has 116 valence electrons. The fourth-order valence-corrected chi connectivity index (χ4v) is 4.18. The highest BCUT2D eigenvalue weighted by molar-refractivity contribution is 7.92. The number of nitrogens with one attached hydrogen (secondary N) is 2. The van der Waals surface area contributed by atoms with Crippen LogP contribution < -0.4 is 15.4 Å². The first-order chi connectivity index (χ1) is 10.0. The summed E-state index contributed by atoms with van der Waals surface area (Å²) in [6, 6.07) is 7.13. The fraction of sp³-hybridized carbons (Fsp3) is 0.500. The molecule has 0 aromatic heterocycles. The molecule has 1 amide bonds. The second-order valence-electron chi connectivity index (χ2n) is 5.01. The third-order valence-corrected chi connectivity index (χ3v) is 5.78. The van der Waals surface area contributed by atoms with Gasteiger partial charge in [-0.2, -0.15) is 0 Å². The number of para-hydroxylation sites is 2. The minimum Gasteiger partial charge on any atom is -0.495 e. The van der Waals surface area contributed by atoms with Crippen LogP contribution in [-0.2, 0) is 14.6 Å². The van der Waals surface area contributed by atoms with Crippen molar-refractivity contribution in [3.05, 3.63) is 24.3 Å². The number of methoxy groups -OCH3 is 1. The van der Waals surface area contributed by atoms with Gasteiger partial charge in [0.05, 0.1) is 30.3 Å². The van der Waals surface area contributed by atoms with Crippen molar-refractivity contribution >= 4 is 21.4 Å². The topological polar surface area (TPSA) is 84.5 Å². The van der Waals surface area contributed by atoms with Crippen LogP contribution in [0.25, 0.3) is 0 Å². The number of carbonyl (C=O) groups is 1. The zero-order valence-electron chi connectivity index (χ0n) is 12.0. The van der Waals surface area contributed by atoms with Gasteiger partial charge in [-0.25, -0.2) is 8.42 Å². The van der Waals surface area contributed by atoms with Crippen molar-refractivity contribution in [2.75, 3.05) is 31.3 Å². The molecule has 0 spiro atoms. The maximum atomic E-state index is 11.8. The van der Waals surface area contributed by atoms with E-state index in [9.17, 15) is 13.2 Å². The summed E-state index contributed by atoms with van der Waals surface area (Å²) in [5.41, 5.74) is 0.597. The van der Waals surface area contributed by atoms with Crippen LogP contribution in [0.5, 0.6) is 5.75 Å². The average Bonchev–Trinajstić information content (AvgIpc) is 2.78. The molecule has 6 nitrogen and oxygen atoms in total. The lowest BCUT2D eigenvalue weighted by Crippen LogP contribution is -2.35. The van der Waals surface area contributed by atoms with E-state index in [2.05, 4.69) is 10.6 Å². The van der Waals surface area contributed by atoms with E-state index in [0.29, 0.717) is 30.8 Å². The molecule has 1 atom stereocenters. The molecule has 2 N–H and O–H groups in total. The number of rotatable bonds is 6. The molecule has 1 fully saturated rings. The first kappa shape index (κ1) is 15.8. The number of anilines is 1. The van der Waals surface area contributed by atoms with Crippen molar-refractivity contribution in [2.24, 2.45) is 0 Å². The van der Waals surface area contributed by atoms with E-state index in [0.717, 1.165) is 0 Å². The number of hydrogen-bond donors (Lipinski definition) is 2. The van der Waals surface area contributed by atoms with Crippen LogP contribution in [0.15, 0.2) is 24.3 Å². The van der Waals surface area contributed by atoms with Crippen molar-refractivity contribution in [1.82, 2.24) is 5.32 Å². The summed E-state index contributed by atoms with van der Waals surface area (Å²) >= 11 is 0. The van der Waals surface area contributed by atoms with Gasteiger partial charge in [0, 0.05) is 6.54 Å². The molecule has 1 saturated heterocycles. The number of benzene rings is 1. The zero-order chi connectivity index (χ0) is 15.3. The number of carbonyl (C=O) groups excluding carboxylic acids is 1. The summed E-state index contributed by atoms with van der Waals surface area (Å²) in [7, 11) is -1.43. The third kappa shape index (κ3) is 4.18. The Morgan fingerprint density at radius 3 is 2.81 bits per heavy atom. The third-order valence-electron chi connectivity index (χ3n) is 3.50. The van der Waals surface area contributed by atoms with Gasteiger partial charge in [0.25, 0.3) is 0 Å². The molecule has 2 rings (SSSR count). The number of amides is 1. The van der Waals surface area contributed by atoms with Gasteiger partial charge in [-0.3, -0.25) is 4.79 Å². The molecule has 1 aliphatic rings. The first-order valence-electron chi connectivity index (χ1n) is 6.88.